The molecule has 0 aliphatic carbocycles. The number of aryl methyl sites for hydroxylation is 2. The third-order valence-corrected chi connectivity index (χ3v) is 7.67. The van der Waals surface area contributed by atoms with Crippen LogP contribution in [0.25, 0.3) is 11.8 Å². The summed E-state index contributed by atoms with van der Waals surface area (Å²) in [6.45, 7) is 7.05. The number of halogens is 1. The van der Waals surface area contributed by atoms with Crippen molar-refractivity contribution in [1.29, 1.82) is 5.41 Å². The summed E-state index contributed by atoms with van der Waals surface area (Å²) in [5, 5.41) is 11.3. The van der Waals surface area contributed by atoms with Gasteiger partial charge in [-0.1, -0.05) is 54.2 Å². The Hall–Kier alpha value is -3.82. The molecule has 2 aliphatic rings. The van der Waals surface area contributed by atoms with E-state index in [1.165, 1.54) is 11.8 Å². The van der Waals surface area contributed by atoms with Crippen molar-refractivity contribution in [1.82, 2.24) is 4.90 Å². The Morgan fingerprint density at radius 2 is 1.77 bits per heavy atom. The standard InChI is InChI=1S/C31H28BrN3O4S/c1-4-37-27-17-21(16-24(32)28(27)39-13-12-38-26-14-19(2)10-11-20(26)3)15-23-29(33)35-25(22-8-6-5-7-9-22)18-40-31(35)34-30(23)36/h5-11,14-18,33H,4,12-13H2,1-3H3/b23-15-,33-29?. The molecule has 0 saturated heterocycles. The zero-order valence-corrected chi connectivity index (χ0v) is 24.8. The molecule has 1 amide bonds. The number of nitrogens with zero attached hydrogens (tertiary/aromatic N) is 2. The van der Waals surface area contributed by atoms with Crippen molar-refractivity contribution in [2.24, 2.45) is 4.99 Å². The average Bonchev–Trinajstić information content (AvgIpc) is 3.36. The van der Waals surface area contributed by atoms with Crippen molar-refractivity contribution < 1.29 is 19.0 Å². The maximum atomic E-state index is 13.0. The van der Waals surface area contributed by atoms with Gasteiger partial charge in [0, 0.05) is 5.41 Å². The minimum absolute atomic E-state index is 0.0769. The molecule has 1 N–H and O–H groups in total. The second-order valence-corrected chi connectivity index (χ2v) is 10.8. The van der Waals surface area contributed by atoms with Gasteiger partial charge in [0.2, 0.25) is 0 Å². The van der Waals surface area contributed by atoms with Crippen LogP contribution in [0.1, 0.15) is 29.2 Å². The summed E-state index contributed by atoms with van der Waals surface area (Å²) >= 11 is 4.94. The van der Waals surface area contributed by atoms with Crippen molar-refractivity contribution in [2.75, 3.05) is 19.8 Å². The van der Waals surface area contributed by atoms with Gasteiger partial charge in [-0.15, -0.1) is 0 Å². The van der Waals surface area contributed by atoms with Gasteiger partial charge in [-0.25, -0.2) is 0 Å². The van der Waals surface area contributed by atoms with E-state index >= 15 is 0 Å². The third kappa shape index (κ3) is 5.85. The molecule has 9 heteroatoms. The van der Waals surface area contributed by atoms with E-state index in [0.717, 1.165) is 28.1 Å². The summed E-state index contributed by atoms with van der Waals surface area (Å²) in [7, 11) is 0. The second-order valence-electron chi connectivity index (χ2n) is 9.16. The minimum atomic E-state index is -0.454. The number of benzene rings is 3. The fourth-order valence-electron chi connectivity index (χ4n) is 4.31. The average molecular weight is 619 g/mol. The first-order valence-electron chi connectivity index (χ1n) is 12.8. The van der Waals surface area contributed by atoms with Crippen LogP contribution in [0.5, 0.6) is 17.2 Å². The molecule has 2 heterocycles. The summed E-state index contributed by atoms with van der Waals surface area (Å²) < 4.78 is 18.5. The van der Waals surface area contributed by atoms with Crippen LogP contribution in [-0.4, -0.2) is 41.6 Å². The highest BCUT2D eigenvalue weighted by atomic mass is 79.9. The van der Waals surface area contributed by atoms with E-state index in [0.29, 0.717) is 46.5 Å². The topological polar surface area (TPSA) is 84.2 Å². The first-order valence-corrected chi connectivity index (χ1v) is 14.5. The largest absolute Gasteiger partial charge is 0.490 e. The lowest BCUT2D eigenvalue weighted by Crippen LogP contribution is -2.38. The van der Waals surface area contributed by atoms with Gasteiger partial charge < -0.3 is 14.2 Å². The smallest absolute Gasteiger partial charge is 0.283 e. The number of carbonyl (C=O) groups is 1. The Kier molecular flexibility index (Phi) is 8.42. The molecule has 3 aromatic rings. The Labute approximate surface area is 246 Å². The number of rotatable bonds is 9. The lowest BCUT2D eigenvalue weighted by molar-refractivity contribution is -0.114. The number of fused-ring (bicyclic) bond motifs is 1. The first-order chi connectivity index (χ1) is 19.4. The van der Waals surface area contributed by atoms with Gasteiger partial charge in [0.15, 0.2) is 16.7 Å². The molecule has 0 atom stereocenters. The zero-order chi connectivity index (χ0) is 28.2. The van der Waals surface area contributed by atoms with Crippen molar-refractivity contribution in [3.63, 3.8) is 0 Å². The van der Waals surface area contributed by atoms with Gasteiger partial charge in [0.1, 0.15) is 24.8 Å². The lowest BCUT2D eigenvalue weighted by atomic mass is 10.1. The fraction of sp³-hybridized carbons (Fsp3) is 0.194. The predicted octanol–water partition coefficient (Wildman–Crippen LogP) is 7.23. The molecule has 40 heavy (non-hydrogen) atoms. The number of hydrogen-bond acceptors (Lipinski definition) is 6. The normalized spacial score (nSPS) is 15.6. The SMILES string of the molecule is CCOc1cc(/C=C2/C(=N)N3C(c4ccccc4)=CSC3=NC2=O)cc(Br)c1OCCOc1cc(C)ccc1C. The number of aliphatic imine (C=N–C) groups is 1. The van der Waals surface area contributed by atoms with Crippen LogP contribution in [0, 0.1) is 19.3 Å². The summed E-state index contributed by atoms with van der Waals surface area (Å²) in [6.07, 6.45) is 1.66. The fourth-order valence-corrected chi connectivity index (χ4v) is 5.78. The van der Waals surface area contributed by atoms with Crippen LogP contribution in [0.2, 0.25) is 0 Å². The monoisotopic (exact) mass is 617 g/mol. The van der Waals surface area contributed by atoms with E-state index in [1.54, 1.807) is 17.0 Å². The predicted molar refractivity (Wildman–Crippen MR) is 164 cm³/mol. The number of amidine groups is 2. The molecule has 0 unspecified atom stereocenters. The number of ether oxygens (including phenoxy) is 3. The second kappa shape index (κ2) is 12.1. The molecule has 7 nitrogen and oxygen atoms in total. The zero-order valence-electron chi connectivity index (χ0n) is 22.4. The molecular formula is C31H28BrN3O4S. The van der Waals surface area contributed by atoms with E-state index < -0.39 is 5.91 Å². The van der Waals surface area contributed by atoms with Crippen LogP contribution >= 0.6 is 27.7 Å². The highest BCUT2D eigenvalue weighted by Crippen LogP contribution is 2.40. The van der Waals surface area contributed by atoms with Crippen LogP contribution < -0.4 is 14.2 Å². The Balaban J connectivity index is 1.36. The Bertz CT molecular complexity index is 1570. The molecule has 0 saturated carbocycles. The molecule has 0 fully saturated rings. The van der Waals surface area contributed by atoms with E-state index in [-0.39, 0.29) is 11.4 Å². The van der Waals surface area contributed by atoms with E-state index in [2.05, 4.69) is 27.0 Å². The number of nitrogens with one attached hydrogen (secondary N) is 1. The van der Waals surface area contributed by atoms with Gasteiger partial charge in [-0.3, -0.25) is 15.1 Å². The maximum absolute atomic E-state index is 13.0. The number of carbonyl (C=O) groups excluding carboxylic acids is 1. The maximum Gasteiger partial charge on any atom is 0.283 e. The highest BCUT2D eigenvalue weighted by molar-refractivity contribution is 9.10. The van der Waals surface area contributed by atoms with Gasteiger partial charge in [-0.05, 0) is 83.2 Å². The van der Waals surface area contributed by atoms with Crippen molar-refractivity contribution in [3.05, 3.63) is 98.4 Å². The summed E-state index contributed by atoms with van der Waals surface area (Å²) in [4.78, 5) is 18.9. The Morgan fingerprint density at radius 1 is 1.00 bits per heavy atom. The third-order valence-electron chi connectivity index (χ3n) is 6.26. The van der Waals surface area contributed by atoms with Gasteiger partial charge in [-0.2, -0.15) is 4.99 Å². The lowest BCUT2D eigenvalue weighted by Gasteiger charge is -2.27. The molecule has 0 spiro atoms. The van der Waals surface area contributed by atoms with Crippen LogP contribution in [-0.2, 0) is 4.79 Å². The molecule has 3 aromatic carbocycles. The summed E-state index contributed by atoms with van der Waals surface area (Å²) in [5.74, 6) is 1.53. The van der Waals surface area contributed by atoms with Crippen molar-refractivity contribution in [2.45, 2.75) is 20.8 Å². The number of amides is 1. The van der Waals surface area contributed by atoms with Gasteiger partial charge in [0.05, 0.1) is 22.3 Å². The molecule has 0 radical (unpaired) electrons. The quantitative estimate of drug-likeness (QED) is 0.201. The molecule has 5 rings (SSSR count). The first kappa shape index (κ1) is 27.7. The highest BCUT2D eigenvalue weighted by Gasteiger charge is 2.36. The summed E-state index contributed by atoms with van der Waals surface area (Å²) in [5.41, 5.74) is 4.84. The molecule has 0 aromatic heterocycles. The van der Waals surface area contributed by atoms with Crippen LogP contribution in [0.3, 0.4) is 0 Å². The van der Waals surface area contributed by atoms with E-state index in [9.17, 15) is 4.79 Å². The molecule has 0 bridgehead atoms. The number of hydrogen-bond donors (Lipinski definition) is 1. The molecule has 2 aliphatic heterocycles. The van der Waals surface area contributed by atoms with E-state index in [4.69, 9.17) is 19.6 Å². The van der Waals surface area contributed by atoms with Crippen LogP contribution in [0.15, 0.2) is 81.1 Å². The molecular weight excluding hydrogens is 590 g/mol. The van der Waals surface area contributed by atoms with Crippen molar-refractivity contribution >= 4 is 56.4 Å². The van der Waals surface area contributed by atoms with Crippen molar-refractivity contribution in [3.8, 4) is 17.2 Å². The number of thioether (sulfide) groups is 1. The minimum Gasteiger partial charge on any atom is -0.490 e. The van der Waals surface area contributed by atoms with Gasteiger partial charge >= 0.3 is 0 Å². The Morgan fingerprint density at radius 3 is 2.55 bits per heavy atom. The molecule has 204 valence electrons. The van der Waals surface area contributed by atoms with Crippen LogP contribution in [0.4, 0.5) is 0 Å². The summed E-state index contributed by atoms with van der Waals surface area (Å²) in [6, 6.07) is 19.5. The van der Waals surface area contributed by atoms with E-state index in [1.807, 2.05) is 74.7 Å². The van der Waals surface area contributed by atoms with Gasteiger partial charge in [0.25, 0.3) is 5.91 Å².